The number of carbonyl (C=O) groups excluding carboxylic acids is 3. The topological polar surface area (TPSA) is 416 Å². The van der Waals surface area contributed by atoms with Crippen molar-refractivity contribution in [2.24, 2.45) is 16.6 Å². The Morgan fingerprint density at radius 2 is 1.25 bits per heavy atom. The van der Waals surface area contributed by atoms with E-state index in [-0.39, 0.29) is 31.5 Å². The fourth-order valence-corrected chi connectivity index (χ4v) is 8.71. The van der Waals surface area contributed by atoms with Crippen molar-refractivity contribution < 1.29 is 87.1 Å². The number of nitrogens with one attached hydrogen (secondary N) is 3. The third kappa shape index (κ3) is 15.6. The average molecular weight is 840 g/mol. The monoisotopic (exact) mass is 839 g/mol. The lowest BCUT2D eigenvalue weighted by Gasteiger charge is -2.29. The summed E-state index contributed by atoms with van der Waals surface area (Å²) in [6.07, 6.45) is -4.72. The number of aliphatic hydroxyl groups excluding tert-OH is 1. The van der Waals surface area contributed by atoms with E-state index in [1.54, 1.807) is 0 Å². The molecule has 28 heteroatoms. The SMILES string of the molecule is CC(C)C(=O)C(CCC(O)NCCC(O)(P(=O)(O)O)P(=O)(O)O)NC(=O)CCC(N=C(N)CCCS)C(=O)NCCC(O)(P(=O)(O)O)P(=O)(O)O. The Balaban J connectivity index is 5.66. The molecule has 0 saturated heterocycles. The molecule has 3 unspecified atom stereocenters. The normalized spacial score (nSPS) is 15.7. The lowest BCUT2D eigenvalue weighted by atomic mass is 9.97. The van der Waals surface area contributed by atoms with Crippen LogP contribution in [0.1, 0.15) is 65.2 Å². The van der Waals surface area contributed by atoms with Gasteiger partial charge in [0.15, 0.2) is 5.78 Å². The maximum atomic E-state index is 12.9. The zero-order valence-electron chi connectivity index (χ0n) is 27.6. The predicted octanol–water partition coefficient (Wildman–Crippen LogP) is -2.50. The van der Waals surface area contributed by atoms with Crippen molar-refractivity contribution in [3.05, 3.63) is 0 Å². The number of Topliss-reactive ketones (excluding diaryl/α,β-unsaturated/α-hetero) is 1. The van der Waals surface area contributed by atoms with Gasteiger partial charge in [0, 0.05) is 44.7 Å². The number of amides is 2. The van der Waals surface area contributed by atoms with Gasteiger partial charge in [0.2, 0.25) is 11.8 Å². The molecule has 2 amide bonds. The fraction of sp³-hybridized carbons (Fsp3) is 0.826. The van der Waals surface area contributed by atoms with Crippen LogP contribution in [0.4, 0.5) is 0 Å². The van der Waals surface area contributed by atoms with Crippen LogP contribution in [0, 0.1) is 5.92 Å². The lowest BCUT2D eigenvalue weighted by Crippen LogP contribution is -2.45. The van der Waals surface area contributed by atoms with E-state index in [2.05, 4.69) is 33.6 Å². The molecule has 3 atom stereocenters. The second kappa shape index (κ2) is 20.5. The first-order valence-corrected chi connectivity index (χ1v) is 22.2. The van der Waals surface area contributed by atoms with E-state index in [9.17, 15) is 87.1 Å². The summed E-state index contributed by atoms with van der Waals surface area (Å²) < 4.78 is 46.2. The number of nitrogens with zero attached hydrogens (tertiary/aromatic N) is 1. The highest BCUT2D eigenvalue weighted by atomic mass is 32.1. The van der Waals surface area contributed by atoms with Gasteiger partial charge in [-0.1, -0.05) is 13.8 Å². The number of carbonyl (C=O) groups is 3. The van der Waals surface area contributed by atoms with Crippen molar-refractivity contribution >= 4 is 66.4 Å². The van der Waals surface area contributed by atoms with Crippen LogP contribution in [0.3, 0.4) is 0 Å². The molecule has 0 bridgehead atoms. The number of hydrogen-bond acceptors (Lipinski definition) is 13. The zero-order chi connectivity index (χ0) is 40.2. The highest BCUT2D eigenvalue weighted by Crippen LogP contribution is 2.69. The third-order valence-electron chi connectivity index (χ3n) is 7.30. The molecule has 0 heterocycles. The molecule has 51 heavy (non-hydrogen) atoms. The number of amidine groups is 1. The van der Waals surface area contributed by atoms with Crippen molar-refractivity contribution in [1.29, 1.82) is 0 Å². The van der Waals surface area contributed by atoms with E-state index in [0.29, 0.717) is 12.2 Å². The molecule has 23 nitrogen and oxygen atoms in total. The van der Waals surface area contributed by atoms with Crippen molar-refractivity contribution in [3.8, 4) is 0 Å². The third-order valence-corrected chi connectivity index (χ3v) is 15.4. The minimum atomic E-state index is -5.80. The van der Waals surface area contributed by atoms with Crippen LogP contribution in [0.15, 0.2) is 4.99 Å². The second-order valence-corrected chi connectivity index (χ2v) is 20.2. The highest BCUT2D eigenvalue weighted by molar-refractivity contribution is 7.80. The fourth-order valence-electron chi connectivity index (χ4n) is 4.23. The van der Waals surface area contributed by atoms with E-state index < -0.39 is 115 Å². The Hall–Kier alpha value is -1.13. The number of aliphatic hydroxyl groups is 3. The van der Waals surface area contributed by atoms with Crippen LogP contribution in [-0.2, 0) is 32.6 Å². The molecule has 0 aliphatic rings. The van der Waals surface area contributed by atoms with Gasteiger partial charge in [-0.2, -0.15) is 12.6 Å². The molecule has 0 aromatic heterocycles. The number of aliphatic imine (C=N–C) groups is 1. The first kappa shape index (κ1) is 49.9. The molecule has 0 fully saturated rings. The zero-order valence-corrected chi connectivity index (χ0v) is 32.1. The van der Waals surface area contributed by atoms with E-state index in [1.165, 1.54) is 13.8 Å². The summed E-state index contributed by atoms with van der Waals surface area (Å²) in [6, 6.07) is -2.65. The van der Waals surface area contributed by atoms with E-state index >= 15 is 0 Å². The van der Waals surface area contributed by atoms with Crippen LogP contribution < -0.4 is 21.7 Å². The Morgan fingerprint density at radius 3 is 1.69 bits per heavy atom. The quantitative estimate of drug-likeness (QED) is 0.0148. The maximum absolute atomic E-state index is 12.9. The summed E-state index contributed by atoms with van der Waals surface area (Å²) in [5, 5.41) is 29.6. The van der Waals surface area contributed by atoms with Gasteiger partial charge in [-0.25, -0.2) is 0 Å². The highest BCUT2D eigenvalue weighted by Gasteiger charge is 2.59. The summed E-state index contributed by atoms with van der Waals surface area (Å²) in [4.78, 5) is 117. The molecule has 16 N–H and O–H groups in total. The molecular formula is C23H49N5O18P4S. The van der Waals surface area contributed by atoms with Crippen LogP contribution in [0.5, 0.6) is 0 Å². The van der Waals surface area contributed by atoms with Crippen molar-refractivity contribution in [3.63, 3.8) is 0 Å². The molecule has 0 radical (unpaired) electrons. The molecule has 0 saturated carbocycles. The minimum Gasteiger partial charge on any atom is -0.387 e. The maximum Gasteiger partial charge on any atom is 0.369 e. The van der Waals surface area contributed by atoms with E-state index in [4.69, 9.17) is 5.73 Å². The van der Waals surface area contributed by atoms with Gasteiger partial charge in [0.25, 0.3) is 10.2 Å². The van der Waals surface area contributed by atoms with Gasteiger partial charge in [-0.05, 0) is 31.4 Å². The lowest BCUT2D eigenvalue weighted by molar-refractivity contribution is -0.130. The predicted molar refractivity (Wildman–Crippen MR) is 183 cm³/mol. The number of ketones is 1. The van der Waals surface area contributed by atoms with Crippen LogP contribution in [0.25, 0.3) is 0 Å². The smallest absolute Gasteiger partial charge is 0.369 e. The minimum absolute atomic E-state index is 0.0408. The molecule has 0 rings (SSSR count). The van der Waals surface area contributed by atoms with E-state index in [1.807, 2.05) is 0 Å². The van der Waals surface area contributed by atoms with Crippen LogP contribution in [0.2, 0.25) is 0 Å². The van der Waals surface area contributed by atoms with Gasteiger partial charge in [0.05, 0.1) is 11.9 Å². The Morgan fingerprint density at radius 1 is 0.784 bits per heavy atom. The number of nitrogens with two attached hydrogens (primary N) is 1. The summed E-state index contributed by atoms with van der Waals surface area (Å²) >= 11 is 4.05. The van der Waals surface area contributed by atoms with Gasteiger partial charge < -0.3 is 70.8 Å². The van der Waals surface area contributed by atoms with Gasteiger partial charge in [-0.15, -0.1) is 0 Å². The largest absolute Gasteiger partial charge is 0.387 e. The first-order chi connectivity index (χ1) is 22.9. The molecule has 0 spiro atoms. The number of hydrogen-bond donors (Lipinski definition) is 16. The summed E-state index contributed by atoms with van der Waals surface area (Å²) in [5.41, 5.74) is 5.86. The van der Waals surface area contributed by atoms with Gasteiger partial charge in [0.1, 0.15) is 12.3 Å². The summed E-state index contributed by atoms with van der Waals surface area (Å²) in [6.45, 7) is 1.50. The standard InChI is InChI=1S/C23H49N5O18P4S/c1-14(2)20(31)15(5-7-18(29)25-11-9-22(33,47(35,36)37)48(38,39)40)28-19(30)8-6-16(27-17(24)4-3-13-51)21(32)26-12-10-23(34,49(41,42)43)50(44,45)46/h14-16,18,25,29,33-34,51H,3-13H2,1-2H3,(H2,24,27)(H,26,32)(H,28,30)(H2,35,36,37)(H2,38,39,40)(H2,41,42,43)(H2,44,45,46). The second-order valence-electron chi connectivity index (χ2n) is 11.7. The molecule has 300 valence electrons. The van der Waals surface area contributed by atoms with Gasteiger partial charge >= 0.3 is 30.4 Å². The Bertz CT molecular complexity index is 1370. The molecule has 0 aromatic rings. The molecular weight excluding hydrogens is 790 g/mol. The van der Waals surface area contributed by atoms with Crippen LogP contribution >= 0.6 is 43.0 Å². The number of thiol groups is 1. The molecule has 0 aliphatic heterocycles. The molecule has 0 aliphatic carbocycles. The van der Waals surface area contributed by atoms with Crippen molar-refractivity contribution in [2.45, 2.75) is 93.7 Å². The Labute approximate surface area is 298 Å². The van der Waals surface area contributed by atoms with Crippen molar-refractivity contribution in [2.75, 3.05) is 18.8 Å². The van der Waals surface area contributed by atoms with Crippen molar-refractivity contribution in [1.82, 2.24) is 16.0 Å². The van der Waals surface area contributed by atoms with Gasteiger partial charge in [-0.3, -0.25) is 43.0 Å². The summed E-state index contributed by atoms with van der Waals surface area (Å²) in [7, 11) is -23.1. The Kier molecular flexibility index (Phi) is 20.1. The number of rotatable bonds is 25. The molecule has 0 aromatic carbocycles. The first-order valence-electron chi connectivity index (χ1n) is 15.1. The van der Waals surface area contributed by atoms with E-state index in [0.717, 1.165) is 0 Å². The summed E-state index contributed by atoms with van der Waals surface area (Å²) in [5.74, 6) is -2.54. The van der Waals surface area contributed by atoms with Crippen LogP contribution in [-0.4, -0.2) is 125 Å². The average Bonchev–Trinajstić information content (AvgIpc) is 2.97.